The molecule has 1 amide bonds. The normalized spacial score (nSPS) is 25.9. The number of nitrogens with one attached hydrogen (secondary N) is 1. The van der Waals surface area contributed by atoms with E-state index >= 15 is 0 Å². The largest absolute Gasteiger partial charge is 0.497 e. The van der Waals surface area contributed by atoms with Crippen LogP contribution in [0.3, 0.4) is 0 Å². The molecule has 4 aliphatic carbocycles. The Morgan fingerprint density at radius 3 is 2.49 bits per heavy atom. The summed E-state index contributed by atoms with van der Waals surface area (Å²) >= 11 is 0. The Hall–Kier alpha value is -3.02. The highest BCUT2D eigenvalue weighted by molar-refractivity contribution is 5.83. The summed E-state index contributed by atoms with van der Waals surface area (Å²) in [6, 6.07) is 16.1. The van der Waals surface area contributed by atoms with E-state index in [9.17, 15) is 4.79 Å². The fourth-order valence-electron chi connectivity index (χ4n) is 7.68. The zero-order valence-electron chi connectivity index (χ0n) is 22.0. The molecular formula is C31H39N3O3. The molecule has 196 valence electrons. The summed E-state index contributed by atoms with van der Waals surface area (Å²) in [5.41, 5.74) is 2.11. The predicted molar refractivity (Wildman–Crippen MR) is 145 cm³/mol. The van der Waals surface area contributed by atoms with Crippen LogP contribution in [0.4, 0.5) is 0 Å². The molecule has 4 fully saturated rings. The Bertz CT molecular complexity index is 1210. The Kier molecular flexibility index (Phi) is 6.83. The lowest BCUT2D eigenvalue weighted by Gasteiger charge is -2.55. The monoisotopic (exact) mass is 501 g/mol. The third kappa shape index (κ3) is 5.07. The Labute approximate surface area is 219 Å². The van der Waals surface area contributed by atoms with Gasteiger partial charge in [0.2, 0.25) is 5.91 Å². The van der Waals surface area contributed by atoms with E-state index in [1.807, 2.05) is 30.3 Å². The summed E-state index contributed by atoms with van der Waals surface area (Å²) in [5.74, 6) is 5.37. The van der Waals surface area contributed by atoms with Crippen LogP contribution in [0.25, 0.3) is 11.0 Å². The predicted octanol–water partition coefficient (Wildman–Crippen LogP) is 5.78. The van der Waals surface area contributed by atoms with E-state index in [2.05, 4.69) is 28.1 Å². The number of benzene rings is 2. The highest BCUT2D eigenvalue weighted by Crippen LogP contribution is 2.60. The van der Waals surface area contributed by atoms with Crippen molar-refractivity contribution in [1.29, 1.82) is 0 Å². The van der Waals surface area contributed by atoms with Gasteiger partial charge in [-0.3, -0.25) is 4.79 Å². The van der Waals surface area contributed by atoms with Crippen LogP contribution >= 0.6 is 0 Å². The number of aromatic nitrogens is 2. The minimum atomic E-state index is -0.0857. The number of methoxy groups -OCH3 is 1. The summed E-state index contributed by atoms with van der Waals surface area (Å²) in [6.45, 7) is 2.21. The first-order chi connectivity index (χ1) is 18.1. The standard InChI is InChI=1S/C31H39N3O3/c1-36-25-7-6-8-26(18-25)37-14-5-4-13-34-28-10-3-2-9-27(28)33-29(34)11-12-32-30(35)31-19-22-15-23(20-31)17-24(16-22)21-31/h2-3,6-10,18,22-24H,4-5,11-17,19-21H2,1H3,(H,32,35). The van der Waals surface area contributed by atoms with E-state index in [0.29, 0.717) is 19.1 Å². The van der Waals surface area contributed by atoms with Gasteiger partial charge in [0.1, 0.15) is 17.3 Å². The van der Waals surface area contributed by atoms with E-state index < -0.39 is 0 Å². The van der Waals surface area contributed by atoms with E-state index in [-0.39, 0.29) is 5.41 Å². The number of ether oxygens (including phenoxy) is 2. The molecule has 4 bridgehead atoms. The number of fused-ring (bicyclic) bond motifs is 1. The summed E-state index contributed by atoms with van der Waals surface area (Å²) in [4.78, 5) is 18.3. The third-order valence-electron chi connectivity index (χ3n) is 8.97. The Morgan fingerprint density at radius 1 is 1.00 bits per heavy atom. The third-order valence-corrected chi connectivity index (χ3v) is 8.97. The van der Waals surface area contributed by atoms with Crippen LogP contribution in [0.1, 0.15) is 57.2 Å². The Balaban J connectivity index is 1.04. The smallest absolute Gasteiger partial charge is 0.226 e. The van der Waals surface area contributed by atoms with Crippen molar-refractivity contribution in [3.63, 3.8) is 0 Å². The molecular weight excluding hydrogens is 462 g/mol. The van der Waals surface area contributed by atoms with Crippen molar-refractivity contribution in [3.8, 4) is 11.5 Å². The molecule has 3 aromatic rings. The highest BCUT2D eigenvalue weighted by Gasteiger charge is 2.54. The average Bonchev–Trinajstić information content (AvgIpc) is 3.25. The molecule has 0 aliphatic heterocycles. The summed E-state index contributed by atoms with van der Waals surface area (Å²) in [5, 5.41) is 3.34. The van der Waals surface area contributed by atoms with Crippen molar-refractivity contribution in [1.82, 2.24) is 14.9 Å². The van der Waals surface area contributed by atoms with Crippen LogP contribution in [0.2, 0.25) is 0 Å². The van der Waals surface area contributed by atoms with Crippen molar-refractivity contribution < 1.29 is 14.3 Å². The lowest BCUT2D eigenvalue weighted by molar-refractivity contribution is -0.146. The van der Waals surface area contributed by atoms with Gasteiger partial charge in [0.15, 0.2) is 0 Å². The lowest BCUT2D eigenvalue weighted by atomic mass is 9.49. The van der Waals surface area contributed by atoms with Gasteiger partial charge in [0.05, 0.1) is 24.8 Å². The number of amides is 1. The molecule has 0 unspecified atom stereocenters. The van der Waals surface area contributed by atoms with Crippen LogP contribution in [0.15, 0.2) is 48.5 Å². The average molecular weight is 502 g/mol. The van der Waals surface area contributed by atoms with Gasteiger partial charge in [-0.1, -0.05) is 18.2 Å². The van der Waals surface area contributed by atoms with Gasteiger partial charge < -0.3 is 19.4 Å². The number of carbonyl (C=O) groups excluding carboxylic acids is 1. The van der Waals surface area contributed by atoms with Crippen LogP contribution in [0.5, 0.6) is 11.5 Å². The second-order valence-electron chi connectivity index (χ2n) is 11.6. The minimum Gasteiger partial charge on any atom is -0.497 e. The fraction of sp³-hybridized carbons (Fsp3) is 0.548. The summed E-state index contributed by atoms with van der Waals surface area (Å²) in [7, 11) is 1.67. The number of rotatable bonds is 11. The van der Waals surface area contributed by atoms with E-state index in [0.717, 1.165) is 85.7 Å². The fourth-order valence-corrected chi connectivity index (χ4v) is 7.68. The molecule has 4 aliphatic rings. The maximum Gasteiger partial charge on any atom is 0.226 e. The van der Waals surface area contributed by atoms with Gasteiger partial charge >= 0.3 is 0 Å². The molecule has 6 nitrogen and oxygen atoms in total. The first kappa shape index (κ1) is 24.3. The molecule has 6 heteroatoms. The molecule has 7 rings (SSSR count). The number of unbranched alkanes of at least 4 members (excludes halogenated alkanes) is 1. The number of imidazole rings is 1. The lowest BCUT2D eigenvalue weighted by Crippen LogP contribution is -2.53. The molecule has 1 aromatic heterocycles. The first-order valence-corrected chi connectivity index (χ1v) is 14.1. The number of carbonyl (C=O) groups is 1. The molecule has 0 radical (unpaired) electrons. The van der Waals surface area contributed by atoms with E-state index in [4.69, 9.17) is 14.5 Å². The molecule has 0 spiro atoms. The van der Waals surface area contributed by atoms with Crippen molar-refractivity contribution >= 4 is 16.9 Å². The van der Waals surface area contributed by atoms with Crippen molar-refractivity contribution in [2.75, 3.05) is 20.3 Å². The zero-order chi connectivity index (χ0) is 25.2. The second kappa shape index (κ2) is 10.4. The summed E-state index contributed by atoms with van der Waals surface area (Å²) in [6.07, 6.45) is 10.1. The second-order valence-corrected chi connectivity index (χ2v) is 11.6. The number of nitrogens with zero attached hydrogens (tertiary/aromatic N) is 2. The maximum atomic E-state index is 13.4. The van der Waals surface area contributed by atoms with Crippen molar-refractivity contribution in [2.24, 2.45) is 23.2 Å². The topological polar surface area (TPSA) is 65.4 Å². The van der Waals surface area contributed by atoms with Gasteiger partial charge in [-0.2, -0.15) is 0 Å². The molecule has 0 atom stereocenters. The molecule has 4 saturated carbocycles. The van der Waals surface area contributed by atoms with Crippen LogP contribution in [0, 0.1) is 23.2 Å². The molecule has 1 heterocycles. The van der Waals surface area contributed by atoms with Crippen LogP contribution in [-0.4, -0.2) is 35.7 Å². The van der Waals surface area contributed by atoms with Crippen LogP contribution in [-0.2, 0) is 17.8 Å². The van der Waals surface area contributed by atoms with Gasteiger partial charge in [0, 0.05) is 31.0 Å². The minimum absolute atomic E-state index is 0.0857. The highest BCUT2D eigenvalue weighted by atomic mass is 16.5. The molecule has 37 heavy (non-hydrogen) atoms. The van der Waals surface area contributed by atoms with Gasteiger partial charge in [-0.15, -0.1) is 0 Å². The van der Waals surface area contributed by atoms with Crippen molar-refractivity contribution in [2.45, 2.75) is 64.3 Å². The zero-order valence-corrected chi connectivity index (χ0v) is 22.0. The number of aryl methyl sites for hydroxylation is 1. The quantitative estimate of drug-likeness (QED) is 0.338. The Morgan fingerprint density at radius 2 is 1.73 bits per heavy atom. The molecule has 2 aromatic carbocycles. The summed E-state index contributed by atoms with van der Waals surface area (Å²) < 4.78 is 13.5. The maximum absolute atomic E-state index is 13.4. The van der Waals surface area contributed by atoms with Gasteiger partial charge in [-0.25, -0.2) is 4.98 Å². The molecule has 1 N–H and O–H groups in total. The van der Waals surface area contributed by atoms with Gasteiger partial charge in [0.25, 0.3) is 0 Å². The SMILES string of the molecule is COc1cccc(OCCCCn2c(CCNC(=O)C34CC5CC(CC(C5)C3)C4)nc3ccccc32)c1. The molecule has 0 saturated heterocycles. The van der Waals surface area contributed by atoms with Crippen LogP contribution < -0.4 is 14.8 Å². The van der Waals surface area contributed by atoms with Crippen molar-refractivity contribution in [3.05, 3.63) is 54.4 Å². The first-order valence-electron chi connectivity index (χ1n) is 14.1. The van der Waals surface area contributed by atoms with E-state index in [1.54, 1.807) is 7.11 Å². The van der Waals surface area contributed by atoms with Gasteiger partial charge in [-0.05, 0) is 93.4 Å². The number of para-hydroxylation sites is 2. The number of hydrogen-bond acceptors (Lipinski definition) is 4. The van der Waals surface area contributed by atoms with E-state index in [1.165, 1.54) is 24.8 Å². The number of hydrogen-bond donors (Lipinski definition) is 1.